The van der Waals surface area contributed by atoms with Crippen LogP contribution in [0.15, 0.2) is 66.7 Å². The number of anilines is 1. The van der Waals surface area contributed by atoms with E-state index in [9.17, 15) is 19.5 Å². The molecule has 0 radical (unpaired) electrons. The van der Waals surface area contributed by atoms with E-state index < -0.39 is 29.7 Å². The molecule has 3 aromatic carbocycles. The lowest BCUT2D eigenvalue weighted by Gasteiger charge is -2.34. The van der Waals surface area contributed by atoms with Crippen molar-refractivity contribution in [1.82, 2.24) is 10.2 Å². The van der Waals surface area contributed by atoms with Crippen molar-refractivity contribution >= 4 is 23.6 Å². The Morgan fingerprint density at radius 1 is 0.905 bits per heavy atom. The second-order valence-corrected chi connectivity index (χ2v) is 11.7. The molecule has 3 aromatic rings. The predicted molar refractivity (Wildman–Crippen MR) is 165 cm³/mol. The lowest BCUT2D eigenvalue weighted by atomic mass is 9.99. The van der Waals surface area contributed by atoms with E-state index in [1.54, 1.807) is 32.9 Å². The van der Waals surface area contributed by atoms with Gasteiger partial charge >= 0.3 is 6.09 Å². The van der Waals surface area contributed by atoms with Crippen LogP contribution in [0.25, 0.3) is 0 Å². The van der Waals surface area contributed by atoms with E-state index in [2.05, 4.69) is 10.6 Å². The van der Waals surface area contributed by atoms with Gasteiger partial charge in [0.15, 0.2) is 0 Å². The SMILES string of the molecule is CCCN(C(=O)C(Cc1ccc(O)cc1)NC(=O)OC(C)(C)C)C(C(=O)Nc1c(C)cccc1C)c1ccc(C)cc1. The largest absolute Gasteiger partial charge is 0.508 e. The number of phenols is 1. The highest BCUT2D eigenvalue weighted by Gasteiger charge is 2.36. The molecule has 0 aliphatic rings. The third-order valence-electron chi connectivity index (χ3n) is 6.80. The monoisotopic (exact) mass is 573 g/mol. The minimum atomic E-state index is -1.03. The van der Waals surface area contributed by atoms with E-state index in [0.717, 1.165) is 22.3 Å². The number of rotatable bonds is 10. The van der Waals surface area contributed by atoms with Gasteiger partial charge in [-0.05, 0) is 82.3 Å². The summed E-state index contributed by atoms with van der Waals surface area (Å²) in [6, 6.07) is 17.8. The number of aromatic hydroxyl groups is 1. The second-order valence-electron chi connectivity index (χ2n) is 11.7. The molecule has 0 saturated carbocycles. The molecule has 0 heterocycles. The van der Waals surface area contributed by atoms with Gasteiger partial charge in [0.2, 0.25) is 5.91 Å². The Labute approximate surface area is 249 Å². The average molecular weight is 574 g/mol. The Bertz CT molecular complexity index is 1360. The Balaban J connectivity index is 2.06. The van der Waals surface area contributed by atoms with Crippen LogP contribution < -0.4 is 10.6 Å². The molecule has 2 unspecified atom stereocenters. The number of para-hydroxylation sites is 1. The van der Waals surface area contributed by atoms with Crippen molar-refractivity contribution in [3.8, 4) is 5.75 Å². The van der Waals surface area contributed by atoms with Crippen molar-refractivity contribution < 1.29 is 24.2 Å². The van der Waals surface area contributed by atoms with Gasteiger partial charge in [-0.15, -0.1) is 0 Å². The fourth-order valence-corrected chi connectivity index (χ4v) is 4.75. The van der Waals surface area contributed by atoms with E-state index >= 15 is 0 Å². The number of phenolic OH excluding ortho intramolecular Hbond substituents is 1. The quantitative estimate of drug-likeness (QED) is 0.261. The van der Waals surface area contributed by atoms with Crippen molar-refractivity contribution in [3.63, 3.8) is 0 Å². The fraction of sp³-hybridized carbons (Fsp3) is 0.382. The van der Waals surface area contributed by atoms with Crippen LogP contribution in [0, 0.1) is 20.8 Å². The first-order chi connectivity index (χ1) is 19.8. The summed E-state index contributed by atoms with van der Waals surface area (Å²) in [5.74, 6) is -0.673. The summed E-state index contributed by atoms with van der Waals surface area (Å²) < 4.78 is 5.49. The molecule has 42 heavy (non-hydrogen) atoms. The Kier molecular flexibility index (Phi) is 10.8. The molecule has 3 rings (SSSR count). The molecule has 8 nitrogen and oxygen atoms in total. The lowest BCUT2D eigenvalue weighted by Crippen LogP contribution is -2.53. The fourth-order valence-electron chi connectivity index (χ4n) is 4.75. The van der Waals surface area contributed by atoms with Crippen LogP contribution in [-0.2, 0) is 20.7 Å². The van der Waals surface area contributed by atoms with Crippen LogP contribution in [0.3, 0.4) is 0 Å². The van der Waals surface area contributed by atoms with Crippen LogP contribution in [0.5, 0.6) is 5.75 Å². The molecule has 3 N–H and O–H groups in total. The summed E-state index contributed by atoms with van der Waals surface area (Å²) in [4.78, 5) is 43.0. The maximum absolute atomic E-state index is 14.4. The molecule has 3 amide bonds. The third kappa shape index (κ3) is 8.83. The number of aryl methyl sites for hydroxylation is 3. The Hall–Kier alpha value is -4.33. The van der Waals surface area contributed by atoms with Crippen LogP contribution in [0.2, 0.25) is 0 Å². The molecule has 8 heteroatoms. The van der Waals surface area contributed by atoms with Gasteiger partial charge in [-0.2, -0.15) is 0 Å². The number of carbonyl (C=O) groups is 3. The van der Waals surface area contributed by atoms with E-state index in [1.807, 2.05) is 70.2 Å². The first-order valence-corrected chi connectivity index (χ1v) is 14.3. The number of alkyl carbamates (subject to hydrolysis) is 1. The van der Waals surface area contributed by atoms with Crippen LogP contribution in [0.4, 0.5) is 10.5 Å². The van der Waals surface area contributed by atoms with Gasteiger partial charge in [0, 0.05) is 18.7 Å². The molecule has 0 spiro atoms. The van der Waals surface area contributed by atoms with Gasteiger partial charge in [-0.3, -0.25) is 9.59 Å². The standard InChI is InChI=1S/C34H43N3O5/c1-8-20-37(32(40)28(35-33(41)42-34(5,6)7)21-25-14-18-27(38)19-15-25)30(26-16-12-22(2)13-17-26)31(39)36-29-23(3)10-9-11-24(29)4/h9-19,28,30,38H,8,20-21H2,1-7H3,(H,35,41)(H,36,39). The highest BCUT2D eigenvalue weighted by atomic mass is 16.6. The van der Waals surface area contributed by atoms with Crippen molar-refractivity contribution in [2.75, 3.05) is 11.9 Å². The summed E-state index contributed by atoms with van der Waals surface area (Å²) in [5, 5.41) is 15.6. The normalized spacial score (nSPS) is 12.6. The zero-order chi connectivity index (χ0) is 31.0. The molecule has 224 valence electrons. The Morgan fingerprint density at radius 3 is 2.05 bits per heavy atom. The summed E-state index contributed by atoms with van der Waals surface area (Å²) in [6.45, 7) is 13.3. The highest BCUT2D eigenvalue weighted by Crippen LogP contribution is 2.28. The minimum absolute atomic E-state index is 0.0944. The van der Waals surface area contributed by atoms with Crippen molar-refractivity contribution in [2.24, 2.45) is 0 Å². The Morgan fingerprint density at radius 2 is 1.50 bits per heavy atom. The number of benzene rings is 3. The van der Waals surface area contributed by atoms with E-state index in [4.69, 9.17) is 4.74 Å². The summed E-state index contributed by atoms with van der Waals surface area (Å²) in [5.41, 5.74) is 4.17. The van der Waals surface area contributed by atoms with Gasteiger partial charge in [-0.1, -0.05) is 67.1 Å². The van der Waals surface area contributed by atoms with Gasteiger partial charge in [-0.25, -0.2) is 4.79 Å². The number of carbonyl (C=O) groups excluding carboxylic acids is 3. The molecular weight excluding hydrogens is 530 g/mol. The van der Waals surface area contributed by atoms with Gasteiger partial charge in [0.05, 0.1) is 0 Å². The number of nitrogens with one attached hydrogen (secondary N) is 2. The third-order valence-corrected chi connectivity index (χ3v) is 6.80. The first-order valence-electron chi connectivity index (χ1n) is 14.3. The number of ether oxygens (including phenoxy) is 1. The summed E-state index contributed by atoms with van der Waals surface area (Å²) >= 11 is 0. The molecule has 0 bridgehead atoms. The highest BCUT2D eigenvalue weighted by molar-refractivity contribution is 6.00. The average Bonchev–Trinajstić information content (AvgIpc) is 2.91. The summed E-state index contributed by atoms with van der Waals surface area (Å²) in [7, 11) is 0. The van der Waals surface area contributed by atoms with Crippen molar-refractivity contribution in [3.05, 3.63) is 94.5 Å². The van der Waals surface area contributed by atoms with E-state index in [1.165, 1.54) is 17.0 Å². The molecule has 0 fully saturated rings. The van der Waals surface area contributed by atoms with Gasteiger partial charge in [0.25, 0.3) is 5.91 Å². The number of amides is 3. The zero-order valence-corrected chi connectivity index (χ0v) is 25.7. The number of hydrogen-bond acceptors (Lipinski definition) is 5. The molecule has 0 aromatic heterocycles. The molecular formula is C34H43N3O5. The lowest BCUT2D eigenvalue weighted by molar-refractivity contribution is -0.140. The van der Waals surface area contributed by atoms with Crippen LogP contribution >= 0.6 is 0 Å². The first kappa shape index (κ1) is 32.2. The van der Waals surface area contributed by atoms with Crippen LogP contribution in [0.1, 0.15) is 68.0 Å². The second kappa shape index (κ2) is 14.0. The molecule has 0 aliphatic heterocycles. The number of hydrogen-bond donors (Lipinski definition) is 3. The predicted octanol–water partition coefficient (Wildman–Crippen LogP) is 6.37. The maximum atomic E-state index is 14.4. The minimum Gasteiger partial charge on any atom is -0.508 e. The van der Waals surface area contributed by atoms with Crippen molar-refractivity contribution in [1.29, 1.82) is 0 Å². The molecule has 0 aliphatic carbocycles. The zero-order valence-electron chi connectivity index (χ0n) is 25.7. The van der Waals surface area contributed by atoms with Crippen molar-refractivity contribution in [2.45, 2.75) is 79.0 Å². The van der Waals surface area contributed by atoms with Gasteiger partial charge < -0.3 is 25.4 Å². The summed E-state index contributed by atoms with van der Waals surface area (Å²) in [6.07, 6.45) is -0.0103. The molecule has 2 atom stereocenters. The van der Waals surface area contributed by atoms with Crippen LogP contribution in [-0.4, -0.2) is 46.1 Å². The molecule has 0 saturated heterocycles. The number of nitrogens with zero attached hydrogens (tertiary/aromatic N) is 1. The van der Waals surface area contributed by atoms with Gasteiger partial charge in [0.1, 0.15) is 23.4 Å². The maximum Gasteiger partial charge on any atom is 0.408 e. The topological polar surface area (TPSA) is 108 Å². The van der Waals surface area contributed by atoms with E-state index in [0.29, 0.717) is 17.7 Å². The smallest absolute Gasteiger partial charge is 0.408 e. The van der Waals surface area contributed by atoms with E-state index in [-0.39, 0.29) is 24.6 Å².